The summed E-state index contributed by atoms with van der Waals surface area (Å²) in [6.07, 6.45) is -0.422. The van der Waals surface area contributed by atoms with Crippen LogP contribution in [0.15, 0.2) is 24.3 Å². The van der Waals surface area contributed by atoms with Crippen molar-refractivity contribution < 1.29 is 29.5 Å². The number of nitro groups is 1. The molecule has 0 fully saturated rings. The van der Waals surface area contributed by atoms with Gasteiger partial charge < -0.3 is 24.5 Å². The standard InChI is InChI=1S/C11H11NO7.Mg/c1-2-11(9(13)14,10(15)16)19-8-5-3-7(4-6-8)12(17)18;/h3-6H,2H2,1H3,(H,13,14)(H,15,16);/q;+2/p-2. The van der Waals surface area contributed by atoms with Gasteiger partial charge in [0.1, 0.15) is 5.75 Å². The number of hydrogen-bond donors (Lipinski definition) is 0. The molecule has 20 heavy (non-hydrogen) atoms. The number of non-ortho nitro benzene ring substituents is 1. The number of carbonyl (C=O) groups excluding carboxylic acids is 2. The van der Waals surface area contributed by atoms with E-state index >= 15 is 0 Å². The van der Waals surface area contributed by atoms with Crippen LogP contribution in [0.25, 0.3) is 0 Å². The summed E-state index contributed by atoms with van der Waals surface area (Å²) in [4.78, 5) is 31.6. The maximum Gasteiger partial charge on any atom is 2.00 e. The molecule has 0 bridgehead atoms. The molecule has 9 heteroatoms. The van der Waals surface area contributed by atoms with Crippen LogP contribution in [0.2, 0.25) is 0 Å². The van der Waals surface area contributed by atoms with E-state index in [4.69, 9.17) is 4.74 Å². The Balaban J connectivity index is 0.00000361. The van der Waals surface area contributed by atoms with Gasteiger partial charge >= 0.3 is 23.1 Å². The molecule has 1 rings (SSSR count). The minimum absolute atomic E-state index is 0. The molecule has 0 aromatic heterocycles. The van der Waals surface area contributed by atoms with Crippen molar-refractivity contribution in [1.82, 2.24) is 0 Å². The van der Waals surface area contributed by atoms with Crippen LogP contribution in [0.4, 0.5) is 5.69 Å². The van der Waals surface area contributed by atoms with Crippen molar-refractivity contribution in [3.05, 3.63) is 34.4 Å². The number of hydrogen-bond acceptors (Lipinski definition) is 7. The number of ether oxygens (including phenoxy) is 1. The van der Waals surface area contributed by atoms with Gasteiger partial charge in [-0.05, 0) is 18.6 Å². The summed E-state index contributed by atoms with van der Waals surface area (Å²) in [5, 5.41) is 32.2. The molecule has 0 aliphatic heterocycles. The number of carboxylic acids is 2. The Labute approximate surface area is 129 Å². The van der Waals surface area contributed by atoms with Crippen molar-refractivity contribution in [3.8, 4) is 5.75 Å². The molecule has 0 spiro atoms. The number of nitrogens with zero attached hydrogens (tertiary/aromatic N) is 1. The quantitative estimate of drug-likeness (QED) is 0.262. The molecule has 102 valence electrons. The number of rotatable bonds is 6. The molecule has 0 unspecified atom stereocenters. The number of nitro benzene ring substituents is 1. The maximum atomic E-state index is 10.9. The molecule has 0 amide bonds. The topological polar surface area (TPSA) is 133 Å². The second kappa shape index (κ2) is 7.05. The Hall–Kier alpha value is -1.87. The summed E-state index contributed by atoms with van der Waals surface area (Å²) in [7, 11) is 0. The fourth-order valence-electron chi connectivity index (χ4n) is 1.36. The van der Waals surface area contributed by atoms with Gasteiger partial charge in [-0.2, -0.15) is 0 Å². The van der Waals surface area contributed by atoms with Gasteiger partial charge in [-0.25, -0.2) is 0 Å². The molecule has 0 aliphatic rings. The molecule has 1 aromatic carbocycles. The van der Waals surface area contributed by atoms with E-state index in [1.54, 1.807) is 0 Å². The van der Waals surface area contributed by atoms with Crippen molar-refractivity contribution in [2.24, 2.45) is 0 Å². The van der Waals surface area contributed by atoms with E-state index in [2.05, 4.69) is 0 Å². The number of carbonyl (C=O) groups is 2. The third-order valence-corrected chi connectivity index (χ3v) is 2.50. The van der Waals surface area contributed by atoms with Crippen molar-refractivity contribution in [2.45, 2.75) is 18.9 Å². The Bertz CT molecular complexity index is 500. The van der Waals surface area contributed by atoms with Crippen LogP contribution in [-0.4, -0.2) is 45.5 Å². The monoisotopic (exact) mass is 291 g/mol. The third kappa shape index (κ3) is 3.57. The molecule has 8 nitrogen and oxygen atoms in total. The Morgan fingerprint density at radius 2 is 1.65 bits per heavy atom. The molecule has 0 aliphatic carbocycles. The summed E-state index contributed by atoms with van der Waals surface area (Å²) >= 11 is 0. The van der Waals surface area contributed by atoms with E-state index in [1.165, 1.54) is 6.92 Å². The molecule has 0 heterocycles. The van der Waals surface area contributed by atoms with Crippen molar-refractivity contribution in [3.63, 3.8) is 0 Å². The summed E-state index contributed by atoms with van der Waals surface area (Å²) in [5.74, 6) is -4.05. The van der Waals surface area contributed by atoms with Crippen LogP contribution in [0.5, 0.6) is 5.75 Å². The zero-order valence-corrected chi connectivity index (χ0v) is 11.9. The molecule has 1 aromatic rings. The summed E-state index contributed by atoms with van der Waals surface area (Å²) in [6.45, 7) is 1.27. The fourth-order valence-corrected chi connectivity index (χ4v) is 1.36. The van der Waals surface area contributed by atoms with Crippen LogP contribution in [-0.2, 0) is 9.59 Å². The summed E-state index contributed by atoms with van der Waals surface area (Å²) in [5.41, 5.74) is -2.87. The van der Waals surface area contributed by atoms with Crippen LogP contribution < -0.4 is 14.9 Å². The number of benzene rings is 1. The van der Waals surface area contributed by atoms with Gasteiger partial charge in [0.05, 0.1) is 16.9 Å². The predicted octanol–water partition coefficient (Wildman–Crippen LogP) is -1.76. The van der Waals surface area contributed by atoms with Crippen LogP contribution >= 0.6 is 0 Å². The number of carboxylic acid groups (broad SMARTS) is 2. The van der Waals surface area contributed by atoms with Gasteiger partial charge in [-0.15, -0.1) is 0 Å². The van der Waals surface area contributed by atoms with Gasteiger partial charge in [0.15, 0.2) is 5.60 Å². The normalized spacial score (nSPS) is 10.2. The van der Waals surface area contributed by atoms with E-state index in [-0.39, 0.29) is 34.5 Å². The second-order valence-electron chi connectivity index (χ2n) is 3.61. The van der Waals surface area contributed by atoms with E-state index in [0.717, 1.165) is 24.3 Å². The Morgan fingerprint density at radius 3 is 1.95 bits per heavy atom. The van der Waals surface area contributed by atoms with Crippen LogP contribution in [0, 0.1) is 10.1 Å². The maximum absolute atomic E-state index is 10.9. The molecule has 0 radical (unpaired) electrons. The zero-order valence-electron chi connectivity index (χ0n) is 10.5. The molecule has 0 atom stereocenters. The first-order chi connectivity index (χ1) is 8.83. The van der Waals surface area contributed by atoms with E-state index in [9.17, 15) is 29.9 Å². The summed E-state index contributed by atoms with van der Waals surface area (Å²) < 4.78 is 4.86. The SMILES string of the molecule is CCC(Oc1ccc([N+](=O)[O-])cc1)(C(=O)[O-])C(=O)[O-].[Mg+2]. The average Bonchev–Trinajstić information content (AvgIpc) is 2.35. The summed E-state index contributed by atoms with van der Waals surface area (Å²) in [6, 6.07) is 4.30. The van der Waals surface area contributed by atoms with E-state index in [1.807, 2.05) is 0 Å². The molecule has 0 saturated carbocycles. The van der Waals surface area contributed by atoms with Gasteiger partial charge in [0.25, 0.3) is 5.69 Å². The Morgan fingerprint density at radius 1 is 1.20 bits per heavy atom. The first-order valence-corrected chi connectivity index (χ1v) is 5.20. The largest absolute Gasteiger partial charge is 2.00 e. The molecule has 0 N–H and O–H groups in total. The molecule has 0 saturated heterocycles. The van der Waals surface area contributed by atoms with Crippen molar-refractivity contribution in [2.75, 3.05) is 0 Å². The molecular formula is C11H9MgNO7. The minimum Gasteiger partial charge on any atom is -0.545 e. The number of aliphatic carboxylic acids is 2. The first-order valence-electron chi connectivity index (χ1n) is 5.20. The van der Waals surface area contributed by atoms with E-state index < -0.39 is 28.9 Å². The van der Waals surface area contributed by atoms with Crippen molar-refractivity contribution in [1.29, 1.82) is 0 Å². The zero-order chi connectivity index (χ0) is 14.6. The first kappa shape index (κ1) is 18.1. The fraction of sp³-hybridized carbons (Fsp3) is 0.273. The van der Waals surface area contributed by atoms with E-state index in [0.29, 0.717) is 0 Å². The second-order valence-corrected chi connectivity index (χ2v) is 3.61. The van der Waals surface area contributed by atoms with Gasteiger partial charge in [-0.1, -0.05) is 6.92 Å². The Kier molecular flexibility index (Phi) is 6.39. The van der Waals surface area contributed by atoms with Crippen LogP contribution in [0.3, 0.4) is 0 Å². The van der Waals surface area contributed by atoms with Gasteiger partial charge in [0, 0.05) is 12.1 Å². The molecular weight excluding hydrogens is 282 g/mol. The van der Waals surface area contributed by atoms with Gasteiger partial charge in [-0.3, -0.25) is 10.1 Å². The van der Waals surface area contributed by atoms with Crippen molar-refractivity contribution >= 4 is 40.7 Å². The van der Waals surface area contributed by atoms with Gasteiger partial charge in [0.2, 0.25) is 0 Å². The smallest absolute Gasteiger partial charge is 0.545 e. The predicted molar refractivity (Wildman–Crippen MR) is 62.5 cm³/mol. The minimum atomic E-state index is -2.63. The average molecular weight is 291 g/mol. The third-order valence-electron chi connectivity index (χ3n) is 2.50. The van der Waals surface area contributed by atoms with Crippen LogP contribution in [0.1, 0.15) is 13.3 Å².